The Morgan fingerprint density at radius 3 is 2.05 bits per heavy atom. The van der Waals surface area contributed by atoms with Crippen LogP contribution in [0.25, 0.3) is 0 Å². The molecule has 0 saturated carbocycles. The van der Waals surface area contributed by atoms with Crippen LogP contribution in [0.1, 0.15) is 5.56 Å². The molecule has 1 atom stereocenters. The highest BCUT2D eigenvalue weighted by Crippen LogP contribution is 2.33. The quantitative estimate of drug-likeness (QED) is 0.683. The van der Waals surface area contributed by atoms with Crippen molar-refractivity contribution in [3.05, 3.63) is 48.0 Å². The Balaban J connectivity index is 2.20. The summed E-state index contributed by atoms with van der Waals surface area (Å²) in [5.41, 5.74) is 3.81. The van der Waals surface area contributed by atoms with Crippen LogP contribution in [-0.2, 0) is 15.7 Å². The summed E-state index contributed by atoms with van der Waals surface area (Å²) in [6.45, 7) is 0.264. The van der Waals surface area contributed by atoms with Crippen LogP contribution in [0.4, 0.5) is 17.1 Å². The van der Waals surface area contributed by atoms with E-state index in [1.807, 2.05) is 51.5 Å². The van der Waals surface area contributed by atoms with Gasteiger partial charge < -0.3 is 16.0 Å². The summed E-state index contributed by atoms with van der Waals surface area (Å²) < 4.78 is 17.8. The lowest BCUT2D eigenvalue weighted by atomic mass is 10.1. The molecular weight excluding hydrogens is 297 g/mol. The smallest absolute Gasteiger partial charge is 0.388 e. The third-order valence-electron chi connectivity index (χ3n) is 3.37. The molecule has 6 heteroatoms. The summed E-state index contributed by atoms with van der Waals surface area (Å²) in [4.78, 5) is 0. The van der Waals surface area contributed by atoms with Crippen LogP contribution in [0.15, 0.2) is 42.5 Å². The monoisotopic (exact) mass is 318 g/mol. The average Bonchev–Trinajstić information content (AvgIpc) is 2.59. The second-order valence-corrected chi connectivity index (χ2v) is 5.95. The van der Waals surface area contributed by atoms with Crippen molar-refractivity contribution in [1.29, 1.82) is 0 Å². The summed E-state index contributed by atoms with van der Waals surface area (Å²) >= 11 is 0. The third-order valence-corrected chi connectivity index (χ3v) is 4.45. The molecule has 1 unspecified atom stereocenters. The van der Waals surface area contributed by atoms with Crippen LogP contribution in [-0.4, -0.2) is 21.1 Å². The van der Waals surface area contributed by atoms with Crippen molar-refractivity contribution in [3.8, 4) is 0 Å². The zero-order valence-corrected chi connectivity index (χ0v) is 13.9. The van der Waals surface area contributed by atoms with E-state index in [4.69, 9.17) is 4.52 Å². The molecule has 0 aliphatic heterocycles. The minimum absolute atomic E-state index is 0.264. The number of hydrogen-bond donors (Lipinski definition) is 3. The van der Waals surface area contributed by atoms with E-state index in [-0.39, 0.29) is 6.61 Å². The van der Waals surface area contributed by atoms with Gasteiger partial charge in [-0.3, -0.25) is 0 Å². The van der Waals surface area contributed by atoms with Gasteiger partial charge >= 0.3 is 8.03 Å². The number of nitrogens with one attached hydrogen (secondary N) is 3. The molecule has 0 saturated heterocycles. The average molecular weight is 318 g/mol. The molecule has 116 valence electrons. The highest BCUT2D eigenvalue weighted by atomic mass is 31.1. The molecule has 0 radical (unpaired) electrons. The molecule has 2 aromatic rings. The largest absolute Gasteiger partial charge is 0.549 e. The van der Waals surface area contributed by atoms with Gasteiger partial charge in [-0.1, -0.05) is 18.2 Å². The van der Waals surface area contributed by atoms with Crippen molar-refractivity contribution in [3.63, 3.8) is 0 Å². The molecule has 0 spiro atoms. The van der Waals surface area contributed by atoms with Gasteiger partial charge in [0.25, 0.3) is 0 Å². The number of rotatable bonds is 7. The van der Waals surface area contributed by atoms with E-state index in [0.29, 0.717) is 5.30 Å². The molecule has 3 N–H and O–H groups in total. The van der Waals surface area contributed by atoms with E-state index in [9.17, 15) is 4.57 Å². The highest BCUT2D eigenvalue weighted by Gasteiger charge is 2.23. The fourth-order valence-electron chi connectivity index (χ4n) is 2.17. The molecule has 22 heavy (non-hydrogen) atoms. The van der Waals surface area contributed by atoms with Crippen LogP contribution < -0.4 is 21.3 Å². The molecule has 0 aromatic heterocycles. The molecular formula is C16H21N3O2P+. The molecule has 0 amide bonds. The topological polar surface area (TPSA) is 62.4 Å². The Morgan fingerprint density at radius 1 is 0.955 bits per heavy atom. The van der Waals surface area contributed by atoms with E-state index in [2.05, 4.69) is 16.0 Å². The van der Waals surface area contributed by atoms with E-state index in [0.717, 1.165) is 22.6 Å². The molecule has 2 rings (SSSR count). The molecule has 0 bridgehead atoms. The van der Waals surface area contributed by atoms with Gasteiger partial charge in [0.2, 0.25) is 5.30 Å². The normalized spacial score (nSPS) is 11.0. The SMILES string of the molecule is CNc1cc(NC)c(CO[P+](=O)c2ccccc2)c(NC)c1. The minimum atomic E-state index is -1.87. The van der Waals surface area contributed by atoms with Gasteiger partial charge in [0.05, 0.1) is 0 Å². The molecule has 0 aliphatic rings. The van der Waals surface area contributed by atoms with Gasteiger partial charge in [0.1, 0.15) is 6.61 Å². The number of benzene rings is 2. The Kier molecular flexibility index (Phi) is 5.75. The first-order chi connectivity index (χ1) is 10.7. The van der Waals surface area contributed by atoms with Crippen molar-refractivity contribution >= 4 is 30.4 Å². The maximum Gasteiger partial charge on any atom is 0.549 e. The van der Waals surface area contributed by atoms with E-state index >= 15 is 0 Å². The van der Waals surface area contributed by atoms with E-state index in [1.165, 1.54) is 0 Å². The summed E-state index contributed by atoms with van der Waals surface area (Å²) in [7, 11) is 3.72. The molecule has 2 aromatic carbocycles. The van der Waals surface area contributed by atoms with Gasteiger partial charge in [-0.15, -0.1) is 4.52 Å². The predicted molar refractivity (Wildman–Crippen MR) is 93.6 cm³/mol. The van der Waals surface area contributed by atoms with Gasteiger partial charge in [0, 0.05) is 43.8 Å². The van der Waals surface area contributed by atoms with Crippen LogP contribution in [0.5, 0.6) is 0 Å². The Labute approximate surface area is 132 Å². The second kappa shape index (κ2) is 7.78. The lowest BCUT2D eigenvalue weighted by Gasteiger charge is -2.15. The zero-order valence-electron chi connectivity index (χ0n) is 13.0. The van der Waals surface area contributed by atoms with Gasteiger partial charge in [-0.2, -0.15) is 0 Å². The first-order valence-electron chi connectivity index (χ1n) is 7.05. The molecule has 0 aliphatic carbocycles. The Hall–Kier alpha value is -2.10. The summed E-state index contributed by atoms with van der Waals surface area (Å²) in [6.07, 6.45) is 0. The molecule has 0 heterocycles. The molecule has 5 nitrogen and oxygen atoms in total. The number of anilines is 3. The predicted octanol–water partition coefficient (Wildman–Crippen LogP) is 3.40. The van der Waals surface area contributed by atoms with Crippen molar-refractivity contribution in [2.45, 2.75) is 6.61 Å². The van der Waals surface area contributed by atoms with Crippen LogP contribution >= 0.6 is 8.03 Å². The van der Waals surface area contributed by atoms with Crippen molar-refractivity contribution in [2.75, 3.05) is 37.1 Å². The van der Waals surface area contributed by atoms with Crippen LogP contribution in [0, 0.1) is 0 Å². The van der Waals surface area contributed by atoms with Crippen molar-refractivity contribution in [1.82, 2.24) is 0 Å². The second-order valence-electron chi connectivity index (χ2n) is 4.67. The maximum atomic E-state index is 12.2. The van der Waals surface area contributed by atoms with E-state index in [1.54, 1.807) is 12.1 Å². The molecule has 0 fully saturated rings. The van der Waals surface area contributed by atoms with Gasteiger partial charge in [0.15, 0.2) is 0 Å². The van der Waals surface area contributed by atoms with Crippen molar-refractivity contribution < 1.29 is 9.09 Å². The lowest BCUT2D eigenvalue weighted by molar-refractivity contribution is 0.326. The van der Waals surface area contributed by atoms with Crippen LogP contribution in [0.2, 0.25) is 0 Å². The lowest BCUT2D eigenvalue weighted by Crippen LogP contribution is -2.05. The zero-order chi connectivity index (χ0) is 15.9. The summed E-state index contributed by atoms with van der Waals surface area (Å²) in [5.74, 6) is 0. The van der Waals surface area contributed by atoms with Gasteiger partial charge in [-0.05, 0) is 28.8 Å². The summed E-state index contributed by atoms with van der Waals surface area (Å²) in [5, 5.41) is 10.1. The summed E-state index contributed by atoms with van der Waals surface area (Å²) in [6, 6.07) is 13.2. The standard InChI is InChI=1S/C16H21N3O2P/c1-17-12-9-15(18-2)14(16(10-12)19-3)11-21-22(20)13-7-5-4-6-8-13/h4-10,17-19H,11H2,1-3H3/q+1. The van der Waals surface area contributed by atoms with Gasteiger partial charge in [-0.25, -0.2) is 0 Å². The fraction of sp³-hybridized carbons (Fsp3) is 0.250. The highest BCUT2D eigenvalue weighted by molar-refractivity contribution is 7.48. The fourth-order valence-corrected chi connectivity index (χ4v) is 2.98. The first kappa shape index (κ1) is 16.3. The maximum absolute atomic E-state index is 12.2. The minimum Gasteiger partial charge on any atom is -0.388 e. The Morgan fingerprint density at radius 2 is 1.55 bits per heavy atom. The number of hydrogen-bond acceptors (Lipinski definition) is 5. The first-order valence-corrected chi connectivity index (χ1v) is 8.22. The van der Waals surface area contributed by atoms with Crippen molar-refractivity contribution in [2.24, 2.45) is 0 Å². The van der Waals surface area contributed by atoms with E-state index < -0.39 is 8.03 Å². The van der Waals surface area contributed by atoms with Crippen LogP contribution in [0.3, 0.4) is 0 Å². The third kappa shape index (κ3) is 3.75. The Bertz CT molecular complexity index is 622.